The zero-order valence-corrected chi connectivity index (χ0v) is 11.4. The van der Waals surface area contributed by atoms with E-state index in [9.17, 15) is 0 Å². The van der Waals surface area contributed by atoms with Crippen LogP contribution in [0.5, 0.6) is 0 Å². The lowest BCUT2D eigenvalue weighted by Gasteiger charge is -2.29. The summed E-state index contributed by atoms with van der Waals surface area (Å²) in [6, 6.07) is 8.49. The third-order valence-electron chi connectivity index (χ3n) is 3.98. The molecule has 2 aromatic rings. The van der Waals surface area contributed by atoms with Gasteiger partial charge in [-0.05, 0) is 18.6 Å². The lowest BCUT2D eigenvalue weighted by Crippen LogP contribution is -2.46. The quantitative estimate of drug-likeness (QED) is 0.779. The summed E-state index contributed by atoms with van der Waals surface area (Å²) in [6.45, 7) is 7.38. The molecule has 1 unspecified atom stereocenters. The van der Waals surface area contributed by atoms with Crippen molar-refractivity contribution >= 4 is 10.9 Å². The molecule has 0 spiro atoms. The average Bonchev–Trinajstić information content (AvgIpc) is 2.75. The van der Waals surface area contributed by atoms with E-state index in [1.807, 2.05) is 0 Å². The normalized spacial score (nSPS) is 18.8. The maximum absolute atomic E-state index is 6.46. The van der Waals surface area contributed by atoms with Crippen LogP contribution in [0.1, 0.15) is 17.3 Å². The predicted octanol–water partition coefficient (Wildman–Crippen LogP) is 1.38. The van der Waals surface area contributed by atoms with Crippen LogP contribution in [0.2, 0.25) is 0 Å². The topological polar surface area (TPSA) is 57.1 Å². The molecule has 1 aliphatic rings. The van der Waals surface area contributed by atoms with Crippen LogP contribution in [-0.4, -0.2) is 42.6 Å². The zero-order valence-electron chi connectivity index (χ0n) is 11.4. The highest BCUT2D eigenvalue weighted by Crippen LogP contribution is 2.27. The number of para-hydroxylation sites is 1. The van der Waals surface area contributed by atoms with E-state index in [-0.39, 0.29) is 6.04 Å². The first-order chi connectivity index (χ1) is 9.25. The van der Waals surface area contributed by atoms with Gasteiger partial charge in [0, 0.05) is 55.4 Å². The highest BCUT2D eigenvalue weighted by Gasteiger charge is 2.19. The van der Waals surface area contributed by atoms with Gasteiger partial charge in [0.15, 0.2) is 0 Å². The molecule has 0 aliphatic carbocycles. The summed E-state index contributed by atoms with van der Waals surface area (Å²) >= 11 is 0. The van der Waals surface area contributed by atoms with Crippen LogP contribution in [0.3, 0.4) is 0 Å². The van der Waals surface area contributed by atoms with Crippen molar-refractivity contribution in [1.82, 2.24) is 15.2 Å². The Labute approximate surface area is 114 Å². The SMILES string of the molecule is Cc1[nH]c2ccccc2c1C(N)CN1CCNCC1. The molecule has 1 fully saturated rings. The van der Waals surface area contributed by atoms with Gasteiger partial charge in [-0.3, -0.25) is 4.90 Å². The highest BCUT2D eigenvalue weighted by atomic mass is 15.2. The highest BCUT2D eigenvalue weighted by molar-refractivity contribution is 5.85. The molecular weight excluding hydrogens is 236 g/mol. The van der Waals surface area contributed by atoms with E-state index in [4.69, 9.17) is 5.73 Å². The third-order valence-corrected chi connectivity index (χ3v) is 3.98. The van der Waals surface area contributed by atoms with E-state index in [2.05, 4.69) is 46.4 Å². The summed E-state index contributed by atoms with van der Waals surface area (Å²) in [6.07, 6.45) is 0. The fourth-order valence-corrected chi connectivity index (χ4v) is 3.04. The lowest BCUT2D eigenvalue weighted by molar-refractivity contribution is 0.228. The number of nitrogens with zero attached hydrogens (tertiary/aromatic N) is 1. The molecule has 1 saturated heterocycles. The van der Waals surface area contributed by atoms with Crippen LogP contribution in [-0.2, 0) is 0 Å². The van der Waals surface area contributed by atoms with Gasteiger partial charge in [-0.25, -0.2) is 0 Å². The second-order valence-corrected chi connectivity index (χ2v) is 5.37. The van der Waals surface area contributed by atoms with Crippen molar-refractivity contribution in [2.24, 2.45) is 5.73 Å². The molecule has 0 saturated carbocycles. The standard InChI is InChI=1S/C15H22N4/c1-11-15(12-4-2-3-5-14(12)18-11)13(16)10-19-8-6-17-7-9-19/h2-5,13,17-18H,6-10,16H2,1H3. The molecular formula is C15H22N4. The van der Waals surface area contributed by atoms with Gasteiger partial charge in [0.25, 0.3) is 0 Å². The number of hydrogen-bond donors (Lipinski definition) is 3. The van der Waals surface area contributed by atoms with Gasteiger partial charge in [-0.15, -0.1) is 0 Å². The fourth-order valence-electron chi connectivity index (χ4n) is 3.04. The minimum Gasteiger partial charge on any atom is -0.358 e. The van der Waals surface area contributed by atoms with Gasteiger partial charge >= 0.3 is 0 Å². The second-order valence-electron chi connectivity index (χ2n) is 5.37. The zero-order chi connectivity index (χ0) is 13.2. The first-order valence-electron chi connectivity index (χ1n) is 7.01. The maximum Gasteiger partial charge on any atom is 0.0459 e. The van der Waals surface area contributed by atoms with Crippen LogP contribution in [0.15, 0.2) is 24.3 Å². The van der Waals surface area contributed by atoms with Crippen molar-refractivity contribution in [3.8, 4) is 0 Å². The average molecular weight is 258 g/mol. The molecule has 1 aromatic heterocycles. The van der Waals surface area contributed by atoms with E-state index in [0.717, 1.165) is 32.7 Å². The Balaban J connectivity index is 1.84. The first kappa shape index (κ1) is 12.7. The molecule has 1 aliphatic heterocycles. The van der Waals surface area contributed by atoms with Crippen LogP contribution < -0.4 is 11.1 Å². The van der Waals surface area contributed by atoms with E-state index in [1.54, 1.807) is 0 Å². The van der Waals surface area contributed by atoms with E-state index in [0.29, 0.717) is 0 Å². The number of H-pyrrole nitrogens is 1. The molecule has 19 heavy (non-hydrogen) atoms. The van der Waals surface area contributed by atoms with Crippen molar-refractivity contribution in [3.63, 3.8) is 0 Å². The van der Waals surface area contributed by atoms with Crippen LogP contribution in [0.25, 0.3) is 10.9 Å². The Kier molecular flexibility index (Phi) is 3.55. The minimum absolute atomic E-state index is 0.0780. The smallest absolute Gasteiger partial charge is 0.0459 e. The Morgan fingerprint density at radius 3 is 2.79 bits per heavy atom. The van der Waals surface area contributed by atoms with Gasteiger partial charge in [0.2, 0.25) is 0 Å². The number of nitrogens with two attached hydrogens (primary N) is 1. The Morgan fingerprint density at radius 2 is 2.00 bits per heavy atom. The molecule has 4 nitrogen and oxygen atoms in total. The number of piperazine rings is 1. The Morgan fingerprint density at radius 1 is 1.26 bits per heavy atom. The fraction of sp³-hybridized carbons (Fsp3) is 0.467. The van der Waals surface area contributed by atoms with Crippen LogP contribution in [0, 0.1) is 6.92 Å². The molecule has 4 N–H and O–H groups in total. The number of aromatic nitrogens is 1. The molecule has 1 aromatic carbocycles. The molecule has 3 rings (SSSR count). The number of aromatic amines is 1. The molecule has 102 valence electrons. The summed E-state index contributed by atoms with van der Waals surface area (Å²) in [4.78, 5) is 5.88. The number of hydrogen-bond acceptors (Lipinski definition) is 3. The summed E-state index contributed by atoms with van der Waals surface area (Å²) in [5.74, 6) is 0. The monoisotopic (exact) mass is 258 g/mol. The van der Waals surface area contributed by atoms with Crippen molar-refractivity contribution in [2.45, 2.75) is 13.0 Å². The van der Waals surface area contributed by atoms with Gasteiger partial charge in [-0.1, -0.05) is 18.2 Å². The van der Waals surface area contributed by atoms with Crippen molar-refractivity contribution in [2.75, 3.05) is 32.7 Å². The van der Waals surface area contributed by atoms with Gasteiger partial charge in [0.1, 0.15) is 0 Å². The van der Waals surface area contributed by atoms with Crippen molar-refractivity contribution < 1.29 is 0 Å². The molecule has 1 atom stereocenters. The van der Waals surface area contributed by atoms with Gasteiger partial charge in [0.05, 0.1) is 0 Å². The Hall–Kier alpha value is -1.36. The third kappa shape index (κ3) is 2.52. The molecule has 4 heteroatoms. The Bertz CT molecular complexity index is 554. The van der Waals surface area contributed by atoms with Gasteiger partial charge in [-0.2, -0.15) is 0 Å². The van der Waals surface area contributed by atoms with E-state index < -0.39 is 0 Å². The first-order valence-corrected chi connectivity index (χ1v) is 7.01. The lowest BCUT2D eigenvalue weighted by atomic mass is 10.0. The van der Waals surface area contributed by atoms with Crippen LogP contribution >= 0.6 is 0 Å². The summed E-state index contributed by atoms with van der Waals surface area (Å²) in [5.41, 5.74) is 10.1. The number of aryl methyl sites for hydroxylation is 1. The molecule has 0 radical (unpaired) electrons. The largest absolute Gasteiger partial charge is 0.358 e. The summed E-state index contributed by atoms with van der Waals surface area (Å²) in [5, 5.41) is 4.64. The number of fused-ring (bicyclic) bond motifs is 1. The van der Waals surface area contributed by atoms with E-state index in [1.165, 1.54) is 22.2 Å². The maximum atomic E-state index is 6.46. The number of benzene rings is 1. The van der Waals surface area contributed by atoms with Crippen molar-refractivity contribution in [1.29, 1.82) is 0 Å². The van der Waals surface area contributed by atoms with E-state index >= 15 is 0 Å². The van der Waals surface area contributed by atoms with Crippen LogP contribution in [0.4, 0.5) is 0 Å². The minimum atomic E-state index is 0.0780. The molecule has 0 amide bonds. The van der Waals surface area contributed by atoms with Crippen molar-refractivity contribution in [3.05, 3.63) is 35.5 Å². The second kappa shape index (κ2) is 5.33. The number of rotatable bonds is 3. The summed E-state index contributed by atoms with van der Waals surface area (Å²) < 4.78 is 0. The predicted molar refractivity (Wildman–Crippen MR) is 79.3 cm³/mol. The summed E-state index contributed by atoms with van der Waals surface area (Å²) in [7, 11) is 0. The molecule has 0 bridgehead atoms. The van der Waals surface area contributed by atoms with Gasteiger partial charge < -0.3 is 16.0 Å². The number of nitrogens with one attached hydrogen (secondary N) is 2. The molecule has 2 heterocycles.